The highest BCUT2D eigenvalue weighted by molar-refractivity contribution is 5.83. The molecule has 0 saturated heterocycles. The molecule has 6 heteroatoms. The Kier molecular flexibility index (Phi) is 4.21. The molecular weight excluding hydrogens is 245 g/mol. The highest BCUT2D eigenvalue weighted by atomic mass is 19.4. The maximum atomic E-state index is 12.7. The lowest BCUT2D eigenvalue weighted by molar-refractivity contribution is -0.137. The molecule has 1 unspecified atom stereocenters. The van der Waals surface area contributed by atoms with Gasteiger partial charge in [-0.25, -0.2) is 0 Å². The van der Waals surface area contributed by atoms with E-state index in [9.17, 15) is 18.0 Å². The van der Waals surface area contributed by atoms with Gasteiger partial charge < -0.3 is 11.1 Å². The normalized spacial score (nSPS) is 13.4. The molecule has 18 heavy (non-hydrogen) atoms. The molecule has 1 atom stereocenters. The van der Waals surface area contributed by atoms with Gasteiger partial charge in [0.25, 0.3) is 0 Å². The number of halogens is 3. The zero-order chi connectivity index (χ0) is 13.9. The third-order valence-corrected chi connectivity index (χ3v) is 2.52. The highest BCUT2D eigenvalue weighted by Gasteiger charge is 2.34. The number of benzene rings is 1. The first kappa shape index (κ1) is 14.3. The Hall–Kier alpha value is -1.72. The molecule has 3 N–H and O–H groups in total. The molecule has 1 rings (SSSR count). The predicted octanol–water partition coefficient (Wildman–Crippen LogP) is 2.63. The van der Waals surface area contributed by atoms with Crippen LogP contribution in [0.25, 0.3) is 0 Å². The summed E-state index contributed by atoms with van der Waals surface area (Å²) in [7, 11) is 0. The summed E-state index contributed by atoms with van der Waals surface area (Å²) in [6.07, 6.45) is -4.47. The Balaban J connectivity index is 3.07. The zero-order valence-corrected chi connectivity index (χ0v) is 10.1. The van der Waals surface area contributed by atoms with Crippen molar-refractivity contribution in [2.24, 2.45) is 11.7 Å². The summed E-state index contributed by atoms with van der Waals surface area (Å²) < 4.78 is 38.2. The van der Waals surface area contributed by atoms with E-state index in [4.69, 9.17) is 5.73 Å². The predicted molar refractivity (Wildman–Crippen MR) is 62.9 cm³/mol. The van der Waals surface area contributed by atoms with Gasteiger partial charge in [-0.3, -0.25) is 4.79 Å². The average Bonchev–Trinajstić information content (AvgIpc) is 2.24. The van der Waals surface area contributed by atoms with Crippen LogP contribution in [0.3, 0.4) is 0 Å². The van der Waals surface area contributed by atoms with Gasteiger partial charge in [0, 0.05) is 5.69 Å². The molecule has 0 fully saturated rings. The van der Waals surface area contributed by atoms with E-state index in [0.717, 1.165) is 6.07 Å². The summed E-state index contributed by atoms with van der Waals surface area (Å²) in [5.74, 6) is -0.884. The molecule has 1 amide bonds. The molecule has 0 radical (unpaired) electrons. The number of primary amides is 1. The largest absolute Gasteiger partial charge is 0.418 e. The molecule has 3 nitrogen and oxygen atoms in total. The first-order chi connectivity index (χ1) is 8.23. The first-order valence-corrected chi connectivity index (χ1v) is 5.45. The van der Waals surface area contributed by atoms with Crippen LogP contribution in [-0.4, -0.2) is 11.9 Å². The summed E-state index contributed by atoms with van der Waals surface area (Å²) in [5, 5.41) is 2.56. The van der Waals surface area contributed by atoms with Crippen LogP contribution in [0, 0.1) is 5.92 Å². The fraction of sp³-hybridized carbons (Fsp3) is 0.417. The van der Waals surface area contributed by atoms with Gasteiger partial charge in [-0.15, -0.1) is 0 Å². The van der Waals surface area contributed by atoms with Crippen LogP contribution in [0.4, 0.5) is 18.9 Å². The van der Waals surface area contributed by atoms with Gasteiger partial charge in [0.2, 0.25) is 5.91 Å². The summed E-state index contributed by atoms with van der Waals surface area (Å²) >= 11 is 0. The van der Waals surface area contributed by atoms with E-state index in [1.54, 1.807) is 13.8 Å². The number of hydrogen-bond donors (Lipinski definition) is 2. The van der Waals surface area contributed by atoms with Crippen molar-refractivity contribution in [2.45, 2.75) is 26.1 Å². The number of alkyl halides is 3. The van der Waals surface area contributed by atoms with Crippen molar-refractivity contribution < 1.29 is 18.0 Å². The molecule has 0 saturated carbocycles. The zero-order valence-electron chi connectivity index (χ0n) is 10.1. The van der Waals surface area contributed by atoms with E-state index in [-0.39, 0.29) is 11.6 Å². The first-order valence-electron chi connectivity index (χ1n) is 5.45. The van der Waals surface area contributed by atoms with E-state index in [0.29, 0.717) is 0 Å². The van der Waals surface area contributed by atoms with E-state index in [1.165, 1.54) is 18.2 Å². The third kappa shape index (κ3) is 3.38. The monoisotopic (exact) mass is 260 g/mol. The Labute approximate surface area is 103 Å². The van der Waals surface area contributed by atoms with Gasteiger partial charge in [-0.2, -0.15) is 13.2 Å². The lowest BCUT2D eigenvalue weighted by Crippen LogP contribution is -2.40. The average molecular weight is 260 g/mol. The van der Waals surface area contributed by atoms with Crippen molar-refractivity contribution in [2.75, 3.05) is 5.32 Å². The maximum absolute atomic E-state index is 12.7. The number of carbonyl (C=O) groups is 1. The lowest BCUT2D eigenvalue weighted by atomic mass is 10.0. The summed E-state index contributed by atoms with van der Waals surface area (Å²) in [6, 6.07) is 4.16. The molecule has 0 aliphatic carbocycles. The quantitative estimate of drug-likeness (QED) is 0.874. The number of para-hydroxylation sites is 1. The van der Waals surface area contributed by atoms with Gasteiger partial charge in [0.05, 0.1) is 5.56 Å². The fourth-order valence-corrected chi connectivity index (χ4v) is 1.59. The van der Waals surface area contributed by atoms with Crippen LogP contribution in [-0.2, 0) is 11.0 Å². The Morgan fingerprint density at radius 1 is 1.28 bits per heavy atom. The van der Waals surface area contributed by atoms with Crippen LogP contribution in [0.5, 0.6) is 0 Å². The van der Waals surface area contributed by atoms with Gasteiger partial charge in [0.1, 0.15) is 6.04 Å². The Morgan fingerprint density at radius 2 is 1.83 bits per heavy atom. The number of hydrogen-bond acceptors (Lipinski definition) is 2. The number of carbonyl (C=O) groups excluding carboxylic acids is 1. The van der Waals surface area contributed by atoms with Crippen molar-refractivity contribution in [3.05, 3.63) is 29.8 Å². The summed E-state index contributed by atoms with van der Waals surface area (Å²) in [6.45, 7) is 3.41. The van der Waals surface area contributed by atoms with E-state index >= 15 is 0 Å². The SMILES string of the molecule is CC(C)C(Nc1ccccc1C(F)(F)F)C(N)=O. The second kappa shape index (κ2) is 5.29. The van der Waals surface area contributed by atoms with Crippen LogP contribution < -0.4 is 11.1 Å². The molecule has 0 bridgehead atoms. The van der Waals surface area contributed by atoms with Crippen LogP contribution >= 0.6 is 0 Å². The maximum Gasteiger partial charge on any atom is 0.418 e. The number of nitrogens with one attached hydrogen (secondary N) is 1. The number of anilines is 1. The number of amides is 1. The van der Waals surface area contributed by atoms with Crippen molar-refractivity contribution in [3.8, 4) is 0 Å². The van der Waals surface area contributed by atoms with E-state index < -0.39 is 23.7 Å². The van der Waals surface area contributed by atoms with Crippen molar-refractivity contribution in [1.29, 1.82) is 0 Å². The minimum atomic E-state index is -4.47. The van der Waals surface area contributed by atoms with Crippen molar-refractivity contribution in [1.82, 2.24) is 0 Å². The van der Waals surface area contributed by atoms with E-state index in [2.05, 4.69) is 5.32 Å². The second-order valence-corrected chi connectivity index (χ2v) is 4.31. The lowest BCUT2D eigenvalue weighted by Gasteiger charge is -2.22. The molecule has 1 aromatic rings. The smallest absolute Gasteiger partial charge is 0.373 e. The van der Waals surface area contributed by atoms with Gasteiger partial charge in [-0.1, -0.05) is 26.0 Å². The molecule has 0 heterocycles. The minimum absolute atomic E-state index is 0.137. The summed E-state index contributed by atoms with van der Waals surface area (Å²) in [4.78, 5) is 11.2. The molecule has 0 aliphatic heterocycles. The molecular formula is C12H15F3N2O. The molecule has 1 aromatic carbocycles. The Bertz CT molecular complexity index is 430. The topological polar surface area (TPSA) is 55.1 Å². The second-order valence-electron chi connectivity index (χ2n) is 4.31. The molecule has 0 spiro atoms. The fourth-order valence-electron chi connectivity index (χ4n) is 1.59. The number of rotatable bonds is 4. The number of nitrogens with two attached hydrogens (primary N) is 1. The van der Waals surface area contributed by atoms with Crippen LogP contribution in [0.1, 0.15) is 19.4 Å². The molecule has 0 aromatic heterocycles. The third-order valence-electron chi connectivity index (χ3n) is 2.52. The van der Waals surface area contributed by atoms with Gasteiger partial charge in [-0.05, 0) is 18.1 Å². The van der Waals surface area contributed by atoms with Gasteiger partial charge in [0.15, 0.2) is 0 Å². The van der Waals surface area contributed by atoms with Crippen LogP contribution in [0.2, 0.25) is 0 Å². The van der Waals surface area contributed by atoms with Gasteiger partial charge >= 0.3 is 6.18 Å². The van der Waals surface area contributed by atoms with Crippen LogP contribution in [0.15, 0.2) is 24.3 Å². The molecule has 100 valence electrons. The van der Waals surface area contributed by atoms with E-state index in [1.807, 2.05) is 0 Å². The van der Waals surface area contributed by atoms with Crippen molar-refractivity contribution >= 4 is 11.6 Å². The molecule has 0 aliphatic rings. The highest BCUT2D eigenvalue weighted by Crippen LogP contribution is 2.35. The standard InChI is InChI=1S/C12H15F3N2O/c1-7(2)10(11(16)18)17-9-6-4-3-5-8(9)12(13,14)15/h3-7,10,17H,1-2H3,(H2,16,18). The Morgan fingerprint density at radius 3 is 2.28 bits per heavy atom. The van der Waals surface area contributed by atoms with Crippen molar-refractivity contribution in [3.63, 3.8) is 0 Å². The summed E-state index contributed by atoms with van der Waals surface area (Å²) in [5.41, 5.74) is 4.22. The minimum Gasteiger partial charge on any atom is -0.373 e.